The van der Waals surface area contributed by atoms with Gasteiger partial charge < -0.3 is 0 Å². The van der Waals surface area contributed by atoms with Gasteiger partial charge in [0.1, 0.15) is 4.83 Å². The summed E-state index contributed by atoms with van der Waals surface area (Å²) in [5.74, 6) is -0.0985. The van der Waals surface area contributed by atoms with Crippen molar-refractivity contribution in [3.8, 4) is 0 Å². The number of aryl methyl sites for hydroxylation is 2. The number of carbonyl (C=O) groups excluding carboxylic acids is 1. The van der Waals surface area contributed by atoms with Gasteiger partial charge in [-0.2, -0.15) is 0 Å². The third kappa shape index (κ3) is 2.66. The number of benzene rings is 2. The minimum Gasteiger partial charge on any atom is -0.292 e. The van der Waals surface area contributed by atoms with Crippen LogP contribution in [0.5, 0.6) is 0 Å². The molecule has 124 valence electrons. The van der Waals surface area contributed by atoms with Gasteiger partial charge in [0, 0.05) is 10.4 Å². The summed E-state index contributed by atoms with van der Waals surface area (Å²) in [4.78, 5) is 31.5. The zero-order valence-electron chi connectivity index (χ0n) is 13.9. The van der Waals surface area contributed by atoms with E-state index in [9.17, 15) is 9.59 Å². The Morgan fingerprint density at radius 2 is 1.88 bits per heavy atom. The molecule has 4 nitrogen and oxygen atoms in total. The van der Waals surface area contributed by atoms with Crippen LogP contribution in [-0.4, -0.2) is 15.3 Å². The van der Waals surface area contributed by atoms with Crippen molar-refractivity contribution in [2.24, 2.45) is 0 Å². The average molecular weight is 348 g/mol. The van der Waals surface area contributed by atoms with Crippen molar-refractivity contribution in [2.75, 3.05) is 0 Å². The zero-order valence-corrected chi connectivity index (χ0v) is 14.8. The first kappa shape index (κ1) is 15.7. The van der Waals surface area contributed by atoms with Crippen molar-refractivity contribution in [2.45, 2.75) is 20.4 Å². The van der Waals surface area contributed by atoms with Gasteiger partial charge in [-0.05, 0) is 36.2 Å². The van der Waals surface area contributed by atoms with Crippen LogP contribution in [0, 0.1) is 13.8 Å². The Morgan fingerprint density at radius 1 is 1.12 bits per heavy atom. The second-order valence-electron chi connectivity index (χ2n) is 6.13. The summed E-state index contributed by atoms with van der Waals surface area (Å²) in [7, 11) is 0. The number of hydrogen-bond acceptors (Lipinski definition) is 4. The molecule has 0 spiro atoms. The zero-order chi connectivity index (χ0) is 17.6. The largest absolute Gasteiger partial charge is 0.292 e. The maximum absolute atomic E-state index is 12.7. The monoisotopic (exact) mass is 348 g/mol. The molecule has 2 aromatic carbocycles. The molecule has 0 saturated heterocycles. The number of aromatic nitrogens is 2. The Bertz CT molecular complexity index is 1190. The van der Waals surface area contributed by atoms with Crippen molar-refractivity contribution in [3.05, 3.63) is 75.1 Å². The van der Waals surface area contributed by atoms with E-state index in [4.69, 9.17) is 0 Å². The van der Waals surface area contributed by atoms with E-state index in [-0.39, 0.29) is 17.9 Å². The molecule has 0 bridgehead atoms. The number of hydrogen-bond donors (Lipinski definition) is 0. The van der Waals surface area contributed by atoms with Gasteiger partial charge in [0.2, 0.25) is 0 Å². The van der Waals surface area contributed by atoms with Crippen molar-refractivity contribution in [3.63, 3.8) is 0 Å². The maximum atomic E-state index is 12.7. The van der Waals surface area contributed by atoms with E-state index >= 15 is 0 Å². The van der Waals surface area contributed by atoms with Crippen molar-refractivity contribution >= 4 is 38.1 Å². The van der Waals surface area contributed by atoms with E-state index in [1.807, 2.05) is 56.3 Å². The first-order valence-corrected chi connectivity index (χ1v) is 8.83. The molecular weight excluding hydrogens is 332 g/mol. The van der Waals surface area contributed by atoms with E-state index in [1.54, 1.807) is 0 Å². The summed E-state index contributed by atoms with van der Waals surface area (Å²) < 4.78 is 1.40. The number of Topliss-reactive ketones (excluding diaryl/α,β-unsaturated/α-hetero) is 1. The standard InChI is InChI=1S/C20H16N2O2S/c1-12-13(2)25-19-18(12)20(24)22(11-21-19)10-17(23)16-8-7-14-5-3-4-6-15(14)9-16/h3-9,11H,10H2,1-2H3. The fourth-order valence-electron chi connectivity index (χ4n) is 2.99. The lowest BCUT2D eigenvalue weighted by Crippen LogP contribution is -2.24. The number of fused-ring (bicyclic) bond motifs is 2. The highest BCUT2D eigenvalue weighted by atomic mass is 32.1. The van der Waals surface area contributed by atoms with Crippen molar-refractivity contribution < 1.29 is 4.79 Å². The minimum atomic E-state index is -0.152. The normalized spacial score (nSPS) is 11.3. The van der Waals surface area contributed by atoms with E-state index in [1.165, 1.54) is 22.2 Å². The molecular formula is C20H16N2O2S. The van der Waals surface area contributed by atoms with Crippen LogP contribution in [0.15, 0.2) is 53.6 Å². The lowest BCUT2D eigenvalue weighted by atomic mass is 10.0. The van der Waals surface area contributed by atoms with E-state index in [0.717, 1.165) is 26.0 Å². The highest BCUT2D eigenvalue weighted by Gasteiger charge is 2.14. The van der Waals surface area contributed by atoms with Crippen LogP contribution >= 0.6 is 11.3 Å². The average Bonchev–Trinajstić information content (AvgIpc) is 2.92. The smallest absolute Gasteiger partial charge is 0.262 e. The predicted octanol–water partition coefficient (Wildman–Crippen LogP) is 4.11. The van der Waals surface area contributed by atoms with E-state index in [0.29, 0.717) is 10.9 Å². The van der Waals surface area contributed by atoms with Gasteiger partial charge in [-0.3, -0.25) is 14.2 Å². The van der Waals surface area contributed by atoms with Gasteiger partial charge in [-0.1, -0.05) is 36.4 Å². The molecule has 4 aromatic rings. The Morgan fingerprint density at radius 3 is 2.68 bits per heavy atom. The van der Waals surface area contributed by atoms with Crippen LogP contribution in [0.3, 0.4) is 0 Å². The molecule has 0 aliphatic carbocycles. The molecule has 0 unspecified atom stereocenters. The van der Waals surface area contributed by atoms with Gasteiger partial charge in [0.25, 0.3) is 5.56 Å². The third-order valence-corrected chi connectivity index (χ3v) is 5.66. The molecule has 0 fully saturated rings. The molecule has 25 heavy (non-hydrogen) atoms. The molecule has 5 heteroatoms. The molecule has 4 rings (SSSR count). The highest BCUT2D eigenvalue weighted by Crippen LogP contribution is 2.25. The molecule has 0 saturated carbocycles. The first-order valence-electron chi connectivity index (χ1n) is 8.02. The summed E-state index contributed by atoms with van der Waals surface area (Å²) in [5, 5.41) is 2.72. The van der Waals surface area contributed by atoms with E-state index in [2.05, 4.69) is 4.98 Å². The third-order valence-electron chi connectivity index (χ3n) is 4.54. The molecule has 2 aromatic heterocycles. The lowest BCUT2D eigenvalue weighted by molar-refractivity contribution is 0.0971. The Hall–Kier alpha value is -2.79. The van der Waals surface area contributed by atoms with Crippen LogP contribution < -0.4 is 5.56 Å². The lowest BCUT2D eigenvalue weighted by Gasteiger charge is -2.06. The Labute approximate surface area is 148 Å². The number of thiophene rings is 1. The van der Waals surface area contributed by atoms with E-state index < -0.39 is 0 Å². The molecule has 2 heterocycles. The van der Waals surface area contributed by atoms with Gasteiger partial charge in [0.15, 0.2) is 5.78 Å². The van der Waals surface area contributed by atoms with Gasteiger partial charge >= 0.3 is 0 Å². The molecule has 0 radical (unpaired) electrons. The summed E-state index contributed by atoms with van der Waals surface area (Å²) >= 11 is 1.51. The van der Waals surface area contributed by atoms with Crippen LogP contribution in [0.1, 0.15) is 20.8 Å². The summed E-state index contributed by atoms with van der Waals surface area (Å²) in [5.41, 5.74) is 1.40. The quantitative estimate of drug-likeness (QED) is 0.524. The van der Waals surface area contributed by atoms with Crippen LogP contribution in [0.2, 0.25) is 0 Å². The maximum Gasteiger partial charge on any atom is 0.262 e. The second-order valence-corrected chi connectivity index (χ2v) is 7.33. The number of carbonyl (C=O) groups is 1. The van der Waals surface area contributed by atoms with Crippen LogP contribution in [0.4, 0.5) is 0 Å². The van der Waals surface area contributed by atoms with Gasteiger partial charge in [0.05, 0.1) is 18.3 Å². The van der Waals surface area contributed by atoms with Crippen LogP contribution in [-0.2, 0) is 6.54 Å². The highest BCUT2D eigenvalue weighted by molar-refractivity contribution is 7.18. The Kier molecular flexibility index (Phi) is 3.73. The summed E-state index contributed by atoms with van der Waals surface area (Å²) in [6, 6.07) is 13.5. The minimum absolute atomic E-state index is 0.00551. The topological polar surface area (TPSA) is 52.0 Å². The van der Waals surface area contributed by atoms with Gasteiger partial charge in [-0.25, -0.2) is 4.98 Å². The Balaban J connectivity index is 1.72. The fourth-order valence-corrected chi connectivity index (χ4v) is 3.98. The number of ketones is 1. The summed E-state index contributed by atoms with van der Waals surface area (Å²) in [6.07, 6.45) is 1.47. The molecule has 0 atom stereocenters. The molecule has 0 aliphatic rings. The van der Waals surface area contributed by atoms with Gasteiger partial charge in [-0.15, -0.1) is 11.3 Å². The molecule has 0 aliphatic heterocycles. The fraction of sp³-hybridized carbons (Fsp3) is 0.150. The predicted molar refractivity (Wildman–Crippen MR) is 102 cm³/mol. The first-order chi connectivity index (χ1) is 12.0. The number of nitrogens with zero attached hydrogens (tertiary/aromatic N) is 2. The van der Waals surface area contributed by atoms with Crippen molar-refractivity contribution in [1.29, 1.82) is 0 Å². The molecule has 0 amide bonds. The molecule has 0 N–H and O–H groups in total. The summed E-state index contributed by atoms with van der Waals surface area (Å²) in [6.45, 7) is 3.90. The van der Waals surface area contributed by atoms with Crippen molar-refractivity contribution in [1.82, 2.24) is 9.55 Å². The number of rotatable bonds is 3. The van der Waals surface area contributed by atoms with Crippen LogP contribution in [0.25, 0.3) is 21.0 Å². The SMILES string of the molecule is Cc1sc2ncn(CC(=O)c3ccc4ccccc4c3)c(=O)c2c1C. The second kappa shape index (κ2) is 5.93.